The van der Waals surface area contributed by atoms with Crippen LogP contribution in [0.25, 0.3) is 0 Å². The molecule has 0 aromatic rings. The summed E-state index contributed by atoms with van der Waals surface area (Å²) in [6, 6.07) is 0. The van der Waals surface area contributed by atoms with Crippen LogP contribution in [0.2, 0.25) is 0 Å². The zero-order valence-electron chi connectivity index (χ0n) is 18.3. The topological polar surface area (TPSA) is 78.9 Å². The maximum atomic E-state index is 12.2. The zero-order valence-corrected chi connectivity index (χ0v) is 18.3. The molecule has 0 fully saturated rings. The van der Waals surface area contributed by atoms with E-state index in [1.807, 2.05) is 6.92 Å². The van der Waals surface area contributed by atoms with Gasteiger partial charge >= 0.3 is 17.9 Å². The van der Waals surface area contributed by atoms with E-state index in [4.69, 9.17) is 14.2 Å². The van der Waals surface area contributed by atoms with Crippen molar-refractivity contribution in [3.63, 3.8) is 0 Å². The molecule has 0 aliphatic rings. The van der Waals surface area contributed by atoms with Crippen LogP contribution in [0.5, 0.6) is 0 Å². The van der Waals surface area contributed by atoms with Crippen molar-refractivity contribution in [2.45, 2.75) is 117 Å². The third-order valence-electron chi connectivity index (χ3n) is 4.59. The summed E-state index contributed by atoms with van der Waals surface area (Å²) in [5.74, 6) is -1.23. The molecule has 6 nitrogen and oxygen atoms in total. The fourth-order valence-corrected chi connectivity index (χ4v) is 2.82. The molecule has 0 aliphatic heterocycles. The molecule has 0 radical (unpaired) electrons. The van der Waals surface area contributed by atoms with Crippen molar-refractivity contribution in [2.24, 2.45) is 0 Å². The summed E-state index contributed by atoms with van der Waals surface area (Å²) in [5.41, 5.74) is 0. The molecule has 28 heavy (non-hydrogen) atoms. The van der Waals surface area contributed by atoms with Crippen LogP contribution in [0.3, 0.4) is 0 Å². The van der Waals surface area contributed by atoms with E-state index in [9.17, 15) is 14.4 Å². The van der Waals surface area contributed by atoms with Crippen LogP contribution in [-0.4, -0.2) is 36.7 Å². The van der Waals surface area contributed by atoms with Gasteiger partial charge in [-0.15, -0.1) is 0 Å². The third kappa shape index (κ3) is 13.6. The molecule has 0 aliphatic carbocycles. The molecule has 0 spiro atoms. The Kier molecular flexibility index (Phi) is 16.5. The lowest BCUT2D eigenvalue weighted by Crippen LogP contribution is -2.37. The molecule has 0 saturated carbocycles. The molecule has 0 bridgehead atoms. The summed E-state index contributed by atoms with van der Waals surface area (Å²) < 4.78 is 16.0. The Morgan fingerprint density at radius 1 is 0.643 bits per heavy atom. The summed E-state index contributed by atoms with van der Waals surface area (Å²) in [4.78, 5) is 35.4. The molecule has 0 rings (SSSR count). The van der Waals surface area contributed by atoms with E-state index in [1.54, 1.807) is 13.8 Å². The van der Waals surface area contributed by atoms with Gasteiger partial charge in [-0.25, -0.2) is 0 Å². The standard InChI is InChI=1S/C22H40O6/c1-5-9-10-11-12-13-14-15-16-26-22(25)17-19(28-21(24)8-4)18(6-2)27-20(23)7-3/h18-19H,5-17H2,1-4H3. The summed E-state index contributed by atoms with van der Waals surface area (Å²) >= 11 is 0. The first-order chi connectivity index (χ1) is 13.5. The van der Waals surface area contributed by atoms with Gasteiger partial charge in [0, 0.05) is 12.8 Å². The number of carbonyl (C=O) groups excluding carboxylic acids is 3. The molecular formula is C22H40O6. The number of ether oxygens (including phenoxy) is 3. The molecule has 0 amide bonds. The summed E-state index contributed by atoms with van der Waals surface area (Å²) in [6.07, 6.45) is 8.71. The highest BCUT2D eigenvalue weighted by molar-refractivity contribution is 5.73. The number of hydrogen-bond donors (Lipinski definition) is 0. The van der Waals surface area contributed by atoms with E-state index >= 15 is 0 Å². The van der Waals surface area contributed by atoms with Crippen LogP contribution in [0, 0.1) is 0 Å². The Morgan fingerprint density at radius 2 is 1.14 bits per heavy atom. The predicted octanol–water partition coefficient (Wildman–Crippen LogP) is 5.11. The van der Waals surface area contributed by atoms with Gasteiger partial charge in [0.25, 0.3) is 0 Å². The van der Waals surface area contributed by atoms with Gasteiger partial charge in [0.2, 0.25) is 0 Å². The highest BCUT2D eigenvalue weighted by Gasteiger charge is 2.29. The highest BCUT2D eigenvalue weighted by Crippen LogP contribution is 2.16. The van der Waals surface area contributed by atoms with E-state index in [2.05, 4.69) is 6.92 Å². The van der Waals surface area contributed by atoms with E-state index in [0.29, 0.717) is 13.0 Å². The van der Waals surface area contributed by atoms with Gasteiger partial charge in [-0.3, -0.25) is 14.4 Å². The average Bonchev–Trinajstić information content (AvgIpc) is 2.69. The lowest BCUT2D eigenvalue weighted by molar-refractivity contribution is -0.172. The van der Waals surface area contributed by atoms with Crippen molar-refractivity contribution < 1.29 is 28.6 Å². The Bertz CT molecular complexity index is 435. The van der Waals surface area contributed by atoms with Crippen LogP contribution in [0.15, 0.2) is 0 Å². The van der Waals surface area contributed by atoms with Gasteiger partial charge < -0.3 is 14.2 Å². The lowest BCUT2D eigenvalue weighted by Gasteiger charge is -2.25. The van der Waals surface area contributed by atoms with E-state index in [-0.39, 0.29) is 25.2 Å². The Hall–Kier alpha value is -1.59. The van der Waals surface area contributed by atoms with Crippen molar-refractivity contribution in [1.82, 2.24) is 0 Å². The maximum absolute atomic E-state index is 12.2. The number of rotatable bonds is 17. The normalized spacial score (nSPS) is 12.9. The van der Waals surface area contributed by atoms with Crippen molar-refractivity contribution >= 4 is 17.9 Å². The maximum Gasteiger partial charge on any atom is 0.309 e. The fraction of sp³-hybridized carbons (Fsp3) is 0.864. The largest absolute Gasteiger partial charge is 0.466 e. The van der Waals surface area contributed by atoms with Crippen LogP contribution < -0.4 is 0 Å². The first kappa shape index (κ1) is 26.4. The lowest BCUT2D eigenvalue weighted by atomic mass is 10.1. The molecule has 2 atom stereocenters. The second-order valence-electron chi connectivity index (χ2n) is 7.07. The molecule has 0 heterocycles. The van der Waals surface area contributed by atoms with Crippen molar-refractivity contribution in [3.05, 3.63) is 0 Å². The monoisotopic (exact) mass is 400 g/mol. The van der Waals surface area contributed by atoms with E-state index in [1.165, 1.54) is 32.1 Å². The van der Waals surface area contributed by atoms with Gasteiger partial charge in [0.05, 0.1) is 13.0 Å². The van der Waals surface area contributed by atoms with Gasteiger partial charge in [-0.05, 0) is 12.8 Å². The molecule has 0 aromatic heterocycles. The zero-order chi connectivity index (χ0) is 21.2. The fourth-order valence-electron chi connectivity index (χ4n) is 2.82. The summed E-state index contributed by atoms with van der Waals surface area (Å²) in [7, 11) is 0. The van der Waals surface area contributed by atoms with E-state index < -0.39 is 24.1 Å². The smallest absolute Gasteiger partial charge is 0.309 e. The minimum Gasteiger partial charge on any atom is -0.466 e. The molecule has 2 unspecified atom stereocenters. The van der Waals surface area contributed by atoms with Gasteiger partial charge in [0.15, 0.2) is 0 Å². The minimum absolute atomic E-state index is 0.0989. The predicted molar refractivity (Wildman–Crippen MR) is 109 cm³/mol. The molecule has 164 valence electrons. The Labute approximate surface area is 170 Å². The SMILES string of the molecule is CCCCCCCCCCOC(=O)CC(OC(=O)CC)C(CC)OC(=O)CC. The summed E-state index contributed by atoms with van der Waals surface area (Å²) in [6.45, 7) is 7.78. The Balaban J connectivity index is 4.28. The first-order valence-corrected chi connectivity index (χ1v) is 11.0. The molecular weight excluding hydrogens is 360 g/mol. The quantitative estimate of drug-likeness (QED) is 0.192. The van der Waals surface area contributed by atoms with Crippen LogP contribution >= 0.6 is 0 Å². The third-order valence-corrected chi connectivity index (χ3v) is 4.59. The molecule has 6 heteroatoms. The highest BCUT2D eigenvalue weighted by atomic mass is 16.6. The van der Waals surface area contributed by atoms with Gasteiger partial charge in [0.1, 0.15) is 12.2 Å². The van der Waals surface area contributed by atoms with Crippen molar-refractivity contribution in [2.75, 3.05) is 6.61 Å². The number of esters is 3. The van der Waals surface area contributed by atoms with Crippen LogP contribution in [0.1, 0.15) is 105 Å². The molecule has 0 aromatic carbocycles. The average molecular weight is 401 g/mol. The van der Waals surface area contributed by atoms with Crippen LogP contribution in [-0.2, 0) is 28.6 Å². The second kappa shape index (κ2) is 17.5. The van der Waals surface area contributed by atoms with Gasteiger partial charge in [-0.1, -0.05) is 72.6 Å². The first-order valence-electron chi connectivity index (χ1n) is 11.0. The summed E-state index contributed by atoms with van der Waals surface area (Å²) in [5, 5.41) is 0. The minimum atomic E-state index is -0.806. The second-order valence-corrected chi connectivity index (χ2v) is 7.07. The van der Waals surface area contributed by atoms with Crippen molar-refractivity contribution in [3.8, 4) is 0 Å². The number of carbonyl (C=O) groups is 3. The number of hydrogen-bond acceptors (Lipinski definition) is 6. The molecule has 0 saturated heterocycles. The van der Waals surface area contributed by atoms with Crippen LogP contribution in [0.4, 0.5) is 0 Å². The van der Waals surface area contributed by atoms with E-state index in [0.717, 1.165) is 19.3 Å². The Morgan fingerprint density at radius 3 is 1.64 bits per heavy atom. The number of unbranched alkanes of at least 4 members (excludes halogenated alkanes) is 7. The molecule has 0 N–H and O–H groups in total. The van der Waals surface area contributed by atoms with Crippen molar-refractivity contribution in [1.29, 1.82) is 0 Å². The van der Waals surface area contributed by atoms with Gasteiger partial charge in [-0.2, -0.15) is 0 Å².